The lowest BCUT2D eigenvalue weighted by atomic mass is 9.95. The number of aromatic carboxylic acids is 1. The highest BCUT2D eigenvalue weighted by molar-refractivity contribution is 5.96. The van der Waals surface area contributed by atoms with Crippen molar-refractivity contribution in [2.75, 3.05) is 0 Å². The van der Waals surface area contributed by atoms with Gasteiger partial charge in [0.25, 0.3) is 0 Å². The van der Waals surface area contributed by atoms with Crippen LogP contribution in [0.5, 0.6) is 0 Å². The third kappa shape index (κ3) is 3.81. The van der Waals surface area contributed by atoms with Gasteiger partial charge in [0.1, 0.15) is 17.2 Å². The smallest absolute Gasteiger partial charge is 0.336 e. The fraction of sp³-hybridized carbons (Fsp3) is 0.200. The molecule has 0 atom stereocenters. The fourth-order valence-electron chi connectivity index (χ4n) is 3.95. The largest absolute Gasteiger partial charge is 0.478 e. The van der Waals surface area contributed by atoms with E-state index in [0.717, 1.165) is 30.0 Å². The molecule has 0 bridgehead atoms. The number of benzene rings is 3. The van der Waals surface area contributed by atoms with Gasteiger partial charge in [-0.05, 0) is 48.2 Å². The Morgan fingerprint density at radius 3 is 2.55 bits per heavy atom. The maximum absolute atomic E-state index is 14.7. The van der Waals surface area contributed by atoms with Crippen molar-refractivity contribution in [2.24, 2.45) is 0 Å². The second-order valence-corrected chi connectivity index (χ2v) is 7.57. The zero-order valence-electron chi connectivity index (χ0n) is 17.3. The van der Waals surface area contributed by atoms with Crippen LogP contribution in [0.4, 0.5) is 8.78 Å². The summed E-state index contributed by atoms with van der Waals surface area (Å²) in [5.74, 6) is -1.65. The number of carboxylic acid groups (broad SMARTS) is 1. The number of rotatable bonds is 6. The molecule has 4 rings (SSSR count). The number of fused-ring (bicyclic) bond motifs is 1. The molecule has 4 nitrogen and oxygen atoms in total. The first kappa shape index (κ1) is 20.7. The van der Waals surface area contributed by atoms with Crippen LogP contribution < -0.4 is 0 Å². The minimum Gasteiger partial charge on any atom is -0.478 e. The highest BCUT2D eigenvalue weighted by atomic mass is 19.1. The van der Waals surface area contributed by atoms with Gasteiger partial charge in [0.15, 0.2) is 5.82 Å². The van der Waals surface area contributed by atoms with E-state index in [9.17, 15) is 18.7 Å². The topological polar surface area (TPSA) is 55.1 Å². The molecule has 0 saturated heterocycles. The number of carboxylic acids is 1. The van der Waals surface area contributed by atoms with Crippen molar-refractivity contribution in [3.05, 3.63) is 83.2 Å². The van der Waals surface area contributed by atoms with Crippen molar-refractivity contribution >= 4 is 17.0 Å². The van der Waals surface area contributed by atoms with Crippen molar-refractivity contribution in [1.29, 1.82) is 0 Å². The lowest BCUT2D eigenvalue weighted by molar-refractivity contribution is 0.0697. The minimum atomic E-state index is -0.995. The molecular formula is C25H22F2N2O2. The fourth-order valence-corrected chi connectivity index (χ4v) is 3.95. The number of unbranched alkanes of at least 4 members (excludes halogenated alkanes) is 1. The summed E-state index contributed by atoms with van der Waals surface area (Å²) in [6, 6.07) is 14.5. The Balaban J connectivity index is 1.90. The number of hydrogen-bond acceptors (Lipinski definition) is 2. The number of aryl methyl sites for hydroxylation is 2. The molecule has 4 aromatic rings. The Morgan fingerprint density at radius 1 is 1.06 bits per heavy atom. The highest BCUT2D eigenvalue weighted by Crippen LogP contribution is 2.31. The van der Waals surface area contributed by atoms with Gasteiger partial charge in [0, 0.05) is 24.2 Å². The third-order valence-electron chi connectivity index (χ3n) is 5.41. The summed E-state index contributed by atoms with van der Waals surface area (Å²) in [5, 5.41) is 9.53. The summed E-state index contributed by atoms with van der Waals surface area (Å²) < 4.78 is 30.2. The molecule has 1 N–H and O–H groups in total. The second kappa shape index (κ2) is 8.30. The molecule has 0 aliphatic rings. The quantitative estimate of drug-likeness (QED) is 0.397. The summed E-state index contributed by atoms with van der Waals surface area (Å²) >= 11 is 0. The second-order valence-electron chi connectivity index (χ2n) is 7.57. The molecule has 1 aromatic heterocycles. The van der Waals surface area contributed by atoms with Crippen LogP contribution in [0.25, 0.3) is 27.8 Å². The van der Waals surface area contributed by atoms with Gasteiger partial charge in [-0.15, -0.1) is 0 Å². The van der Waals surface area contributed by atoms with Gasteiger partial charge in [0.2, 0.25) is 0 Å². The molecule has 31 heavy (non-hydrogen) atoms. The van der Waals surface area contributed by atoms with Gasteiger partial charge in [-0.3, -0.25) is 4.57 Å². The van der Waals surface area contributed by atoms with Crippen LogP contribution in [0.3, 0.4) is 0 Å². The average Bonchev–Trinajstić information content (AvgIpc) is 3.10. The number of imidazole rings is 1. The number of nitrogens with zero attached hydrogens (tertiary/aromatic N) is 2. The molecule has 6 heteroatoms. The van der Waals surface area contributed by atoms with E-state index in [0.29, 0.717) is 23.5 Å². The standard InChI is InChI=1S/C25H22F2N2O2/c1-3-4-9-23-28-22-14-16(26)13-21(27)24(22)29(23)17-10-11-18(15(2)12-17)19-7-5-6-8-20(19)25(30)31/h5-8,10-14H,3-4,9H2,1-2H3,(H,30,31). The van der Waals surface area contributed by atoms with Crippen LogP contribution >= 0.6 is 0 Å². The van der Waals surface area contributed by atoms with E-state index >= 15 is 0 Å². The lowest BCUT2D eigenvalue weighted by Gasteiger charge is -2.14. The number of halogens is 2. The summed E-state index contributed by atoms with van der Waals surface area (Å²) in [6.07, 6.45) is 2.45. The molecule has 0 amide bonds. The minimum absolute atomic E-state index is 0.219. The van der Waals surface area contributed by atoms with Crippen molar-refractivity contribution in [2.45, 2.75) is 33.1 Å². The van der Waals surface area contributed by atoms with E-state index < -0.39 is 17.6 Å². The van der Waals surface area contributed by atoms with Gasteiger partial charge in [-0.1, -0.05) is 37.6 Å². The van der Waals surface area contributed by atoms with Crippen molar-refractivity contribution < 1.29 is 18.7 Å². The summed E-state index contributed by atoms with van der Waals surface area (Å²) in [4.78, 5) is 16.1. The van der Waals surface area contributed by atoms with Crippen molar-refractivity contribution in [3.63, 3.8) is 0 Å². The first-order chi connectivity index (χ1) is 14.9. The van der Waals surface area contributed by atoms with Crippen LogP contribution in [-0.4, -0.2) is 20.6 Å². The average molecular weight is 420 g/mol. The van der Waals surface area contributed by atoms with E-state index in [2.05, 4.69) is 11.9 Å². The predicted molar refractivity (Wildman–Crippen MR) is 117 cm³/mol. The maximum Gasteiger partial charge on any atom is 0.336 e. The Bertz CT molecular complexity index is 1290. The van der Waals surface area contributed by atoms with Gasteiger partial charge in [0.05, 0.1) is 11.1 Å². The van der Waals surface area contributed by atoms with Gasteiger partial charge >= 0.3 is 5.97 Å². The van der Waals surface area contributed by atoms with E-state index in [1.807, 2.05) is 25.1 Å². The molecule has 1 heterocycles. The Morgan fingerprint density at radius 2 is 1.84 bits per heavy atom. The van der Waals surface area contributed by atoms with E-state index in [-0.39, 0.29) is 16.6 Å². The lowest BCUT2D eigenvalue weighted by Crippen LogP contribution is -2.04. The van der Waals surface area contributed by atoms with Crippen molar-refractivity contribution in [3.8, 4) is 16.8 Å². The van der Waals surface area contributed by atoms with E-state index in [1.54, 1.807) is 28.8 Å². The van der Waals surface area contributed by atoms with Crippen LogP contribution in [0.15, 0.2) is 54.6 Å². The maximum atomic E-state index is 14.7. The number of aromatic nitrogens is 2. The van der Waals surface area contributed by atoms with Gasteiger partial charge in [-0.2, -0.15) is 0 Å². The summed E-state index contributed by atoms with van der Waals surface area (Å²) in [7, 11) is 0. The molecule has 0 spiro atoms. The molecule has 0 saturated carbocycles. The molecule has 0 aliphatic carbocycles. The SMILES string of the molecule is CCCCc1nc2cc(F)cc(F)c2n1-c1ccc(-c2ccccc2C(=O)O)c(C)c1. The predicted octanol–water partition coefficient (Wildman–Crippen LogP) is 6.32. The highest BCUT2D eigenvalue weighted by Gasteiger charge is 2.19. The molecule has 3 aromatic carbocycles. The zero-order chi connectivity index (χ0) is 22.1. The first-order valence-electron chi connectivity index (χ1n) is 10.2. The molecule has 0 unspecified atom stereocenters. The summed E-state index contributed by atoms with van der Waals surface area (Å²) in [6.45, 7) is 3.95. The number of hydrogen-bond donors (Lipinski definition) is 1. The molecular weight excluding hydrogens is 398 g/mol. The van der Waals surface area contributed by atoms with Crippen LogP contribution in [0.1, 0.15) is 41.5 Å². The summed E-state index contributed by atoms with van der Waals surface area (Å²) in [5.41, 5.74) is 3.69. The molecule has 0 aliphatic heterocycles. The van der Waals surface area contributed by atoms with Crippen LogP contribution in [0, 0.1) is 18.6 Å². The van der Waals surface area contributed by atoms with E-state index in [1.165, 1.54) is 6.07 Å². The third-order valence-corrected chi connectivity index (χ3v) is 5.41. The first-order valence-corrected chi connectivity index (χ1v) is 10.2. The zero-order valence-corrected chi connectivity index (χ0v) is 17.3. The van der Waals surface area contributed by atoms with Gasteiger partial charge < -0.3 is 5.11 Å². The Hall–Kier alpha value is -3.54. The Labute approximate surface area is 178 Å². The van der Waals surface area contributed by atoms with Crippen LogP contribution in [-0.2, 0) is 6.42 Å². The number of carbonyl (C=O) groups is 1. The monoisotopic (exact) mass is 420 g/mol. The van der Waals surface area contributed by atoms with E-state index in [4.69, 9.17) is 0 Å². The normalized spacial score (nSPS) is 11.2. The molecule has 158 valence electrons. The van der Waals surface area contributed by atoms with Crippen molar-refractivity contribution in [1.82, 2.24) is 9.55 Å². The van der Waals surface area contributed by atoms with Gasteiger partial charge in [-0.25, -0.2) is 18.6 Å². The molecule has 0 fully saturated rings. The van der Waals surface area contributed by atoms with Crippen LogP contribution in [0.2, 0.25) is 0 Å². The molecule has 0 radical (unpaired) electrons. The Kier molecular flexibility index (Phi) is 5.55.